The molecule has 1 aromatic carbocycles. The number of benzene rings is 1. The lowest BCUT2D eigenvalue weighted by Crippen LogP contribution is -2.55. The molecule has 0 spiro atoms. The van der Waals surface area contributed by atoms with Gasteiger partial charge in [0, 0.05) is 6.54 Å². The Morgan fingerprint density at radius 2 is 1.90 bits per heavy atom. The normalized spacial score (nSPS) is 19.4. The molecule has 1 fully saturated rings. The highest BCUT2D eigenvalue weighted by molar-refractivity contribution is 5.86. The summed E-state index contributed by atoms with van der Waals surface area (Å²) >= 11 is 0. The zero-order valence-corrected chi connectivity index (χ0v) is 11.4. The predicted octanol–water partition coefficient (Wildman–Crippen LogP) is 1.64. The van der Waals surface area contributed by atoms with E-state index in [9.17, 15) is 14.3 Å². The number of amides is 1. The molecule has 1 aromatic rings. The first-order valence-electron chi connectivity index (χ1n) is 7.02. The fraction of sp³-hybridized carbons (Fsp3) is 0.533. The van der Waals surface area contributed by atoms with E-state index in [1.807, 2.05) is 0 Å². The number of halogens is 1. The minimum atomic E-state index is -0.855. The second-order valence-corrected chi connectivity index (χ2v) is 5.49. The van der Waals surface area contributed by atoms with E-state index >= 15 is 0 Å². The minimum Gasteiger partial charge on any atom is -0.387 e. The lowest BCUT2D eigenvalue weighted by Gasteiger charge is -2.32. The summed E-state index contributed by atoms with van der Waals surface area (Å²) in [5.74, 6) is -0.563. The van der Waals surface area contributed by atoms with Crippen molar-refractivity contribution >= 4 is 5.91 Å². The fourth-order valence-electron chi connectivity index (χ4n) is 2.58. The van der Waals surface area contributed by atoms with Crippen LogP contribution in [0, 0.1) is 5.82 Å². The van der Waals surface area contributed by atoms with E-state index in [-0.39, 0.29) is 18.3 Å². The minimum absolute atomic E-state index is 0.0867. The Balaban J connectivity index is 1.88. The Kier molecular flexibility index (Phi) is 4.73. The zero-order valence-electron chi connectivity index (χ0n) is 11.4. The molecule has 110 valence electrons. The van der Waals surface area contributed by atoms with Crippen molar-refractivity contribution in [2.75, 3.05) is 6.54 Å². The van der Waals surface area contributed by atoms with Crippen LogP contribution < -0.4 is 11.1 Å². The lowest BCUT2D eigenvalue weighted by molar-refractivity contribution is -0.128. The highest BCUT2D eigenvalue weighted by atomic mass is 19.1. The van der Waals surface area contributed by atoms with Crippen LogP contribution in [0.1, 0.15) is 43.8 Å². The van der Waals surface area contributed by atoms with E-state index in [0.717, 1.165) is 19.3 Å². The SMILES string of the molecule is NC1(C(=O)NCC(O)c2ccc(F)cc2)CCCCC1. The first-order chi connectivity index (χ1) is 9.51. The lowest BCUT2D eigenvalue weighted by atomic mass is 9.82. The van der Waals surface area contributed by atoms with E-state index < -0.39 is 11.6 Å². The van der Waals surface area contributed by atoms with Crippen molar-refractivity contribution in [1.82, 2.24) is 5.32 Å². The molecule has 1 amide bonds. The summed E-state index contributed by atoms with van der Waals surface area (Å²) in [5.41, 5.74) is 5.87. The van der Waals surface area contributed by atoms with Gasteiger partial charge < -0.3 is 16.2 Å². The molecule has 20 heavy (non-hydrogen) atoms. The summed E-state index contributed by atoms with van der Waals surface area (Å²) in [5, 5.41) is 12.7. The monoisotopic (exact) mass is 280 g/mol. The Labute approximate surface area is 118 Å². The van der Waals surface area contributed by atoms with Crippen LogP contribution in [-0.4, -0.2) is 23.1 Å². The number of nitrogens with two attached hydrogens (primary N) is 1. The first-order valence-corrected chi connectivity index (χ1v) is 7.02. The van der Waals surface area contributed by atoms with Gasteiger partial charge in [0.1, 0.15) is 5.82 Å². The molecule has 1 saturated carbocycles. The van der Waals surface area contributed by atoms with Crippen molar-refractivity contribution < 1.29 is 14.3 Å². The molecule has 4 N–H and O–H groups in total. The van der Waals surface area contributed by atoms with Crippen LogP contribution in [0.3, 0.4) is 0 Å². The summed E-state index contributed by atoms with van der Waals surface area (Å²) in [6.07, 6.45) is 3.56. The highest BCUT2D eigenvalue weighted by Crippen LogP contribution is 2.26. The molecule has 1 aliphatic carbocycles. The standard InChI is InChI=1S/C15H21FN2O2/c16-12-6-4-11(5-7-12)13(19)10-18-14(20)15(17)8-2-1-3-9-15/h4-7,13,19H,1-3,8-10,17H2,(H,18,20). The van der Waals surface area contributed by atoms with Gasteiger partial charge in [0.15, 0.2) is 0 Å². The Hall–Kier alpha value is -1.46. The van der Waals surface area contributed by atoms with Gasteiger partial charge in [-0.05, 0) is 30.5 Å². The molecule has 0 heterocycles. The van der Waals surface area contributed by atoms with Crippen LogP contribution in [0.5, 0.6) is 0 Å². The molecule has 0 saturated heterocycles. The molecular weight excluding hydrogens is 259 g/mol. The summed E-state index contributed by atoms with van der Waals surface area (Å²) in [4.78, 5) is 12.1. The van der Waals surface area contributed by atoms with Crippen LogP contribution in [0.25, 0.3) is 0 Å². The molecule has 5 heteroatoms. The molecule has 0 bridgehead atoms. The molecule has 4 nitrogen and oxygen atoms in total. The molecule has 0 aliphatic heterocycles. The van der Waals surface area contributed by atoms with Crippen molar-refractivity contribution in [2.24, 2.45) is 5.73 Å². The third-order valence-corrected chi connectivity index (χ3v) is 3.91. The largest absolute Gasteiger partial charge is 0.387 e. The smallest absolute Gasteiger partial charge is 0.240 e. The van der Waals surface area contributed by atoms with Crippen molar-refractivity contribution in [1.29, 1.82) is 0 Å². The molecule has 0 aromatic heterocycles. The van der Waals surface area contributed by atoms with E-state index in [1.54, 1.807) is 0 Å². The number of carbonyl (C=O) groups is 1. The average Bonchev–Trinajstić information content (AvgIpc) is 2.46. The number of aliphatic hydroxyl groups is 1. The number of aliphatic hydroxyl groups excluding tert-OH is 1. The van der Waals surface area contributed by atoms with Gasteiger partial charge in [-0.1, -0.05) is 31.4 Å². The van der Waals surface area contributed by atoms with Crippen molar-refractivity contribution in [3.05, 3.63) is 35.6 Å². The molecule has 2 rings (SSSR count). The molecule has 0 radical (unpaired) electrons. The van der Waals surface area contributed by atoms with Crippen molar-refractivity contribution in [2.45, 2.75) is 43.7 Å². The summed E-state index contributed by atoms with van der Waals surface area (Å²) in [6, 6.07) is 5.58. The highest BCUT2D eigenvalue weighted by Gasteiger charge is 2.35. The topological polar surface area (TPSA) is 75.4 Å². The summed E-state index contributed by atoms with van der Waals surface area (Å²) in [7, 11) is 0. The van der Waals surface area contributed by atoms with Crippen LogP contribution in [0.2, 0.25) is 0 Å². The van der Waals surface area contributed by atoms with Gasteiger partial charge in [-0.3, -0.25) is 4.79 Å². The Morgan fingerprint density at radius 1 is 1.30 bits per heavy atom. The quantitative estimate of drug-likeness (QED) is 0.784. The van der Waals surface area contributed by atoms with Gasteiger partial charge in [-0.25, -0.2) is 4.39 Å². The molecule has 1 unspecified atom stereocenters. The van der Waals surface area contributed by atoms with Gasteiger partial charge in [-0.15, -0.1) is 0 Å². The van der Waals surface area contributed by atoms with E-state index in [4.69, 9.17) is 5.73 Å². The maximum absolute atomic E-state index is 12.8. The van der Waals surface area contributed by atoms with Crippen LogP contribution in [0.4, 0.5) is 4.39 Å². The maximum atomic E-state index is 12.8. The van der Waals surface area contributed by atoms with E-state index in [0.29, 0.717) is 18.4 Å². The van der Waals surface area contributed by atoms with Crippen LogP contribution in [-0.2, 0) is 4.79 Å². The number of hydrogen-bond donors (Lipinski definition) is 3. The molecular formula is C15H21FN2O2. The third kappa shape index (κ3) is 3.55. The number of hydrogen-bond acceptors (Lipinski definition) is 3. The van der Waals surface area contributed by atoms with Gasteiger partial charge in [0.05, 0.1) is 11.6 Å². The summed E-state index contributed by atoms with van der Waals surface area (Å²) < 4.78 is 12.8. The third-order valence-electron chi connectivity index (χ3n) is 3.91. The number of carbonyl (C=O) groups excluding carboxylic acids is 1. The maximum Gasteiger partial charge on any atom is 0.240 e. The Morgan fingerprint density at radius 3 is 2.50 bits per heavy atom. The number of nitrogens with one attached hydrogen (secondary N) is 1. The number of rotatable bonds is 4. The summed E-state index contributed by atoms with van der Waals surface area (Å²) in [6.45, 7) is 0.0867. The van der Waals surface area contributed by atoms with E-state index in [1.165, 1.54) is 24.3 Å². The molecule has 1 aliphatic rings. The Bertz CT molecular complexity index is 455. The van der Waals surface area contributed by atoms with E-state index in [2.05, 4.69) is 5.32 Å². The predicted molar refractivity (Wildman–Crippen MR) is 74.4 cm³/mol. The van der Waals surface area contributed by atoms with Crippen molar-refractivity contribution in [3.63, 3.8) is 0 Å². The zero-order chi connectivity index (χ0) is 14.6. The van der Waals surface area contributed by atoms with Crippen LogP contribution >= 0.6 is 0 Å². The second kappa shape index (κ2) is 6.33. The average molecular weight is 280 g/mol. The molecule has 1 atom stereocenters. The van der Waals surface area contributed by atoms with Gasteiger partial charge in [0.2, 0.25) is 5.91 Å². The van der Waals surface area contributed by atoms with Crippen LogP contribution in [0.15, 0.2) is 24.3 Å². The second-order valence-electron chi connectivity index (χ2n) is 5.49. The first kappa shape index (κ1) is 14.9. The van der Waals surface area contributed by atoms with Gasteiger partial charge in [-0.2, -0.15) is 0 Å². The van der Waals surface area contributed by atoms with Gasteiger partial charge in [0.25, 0.3) is 0 Å². The fourth-order valence-corrected chi connectivity index (χ4v) is 2.58. The van der Waals surface area contributed by atoms with Crippen molar-refractivity contribution in [3.8, 4) is 0 Å². The van der Waals surface area contributed by atoms with Gasteiger partial charge >= 0.3 is 0 Å².